The van der Waals surface area contributed by atoms with E-state index in [2.05, 4.69) is 0 Å². The summed E-state index contributed by atoms with van der Waals surface area (Å²) in [5, 5.41) is 0. The van der Waals surface area contributed by atoms with Gasteiger partial charge in [-0.3, -0.25) is 4.79 Å². The van der Waals surface area contributed by atoms with E-state index in [9.17, 15) is 9.18 Å². The maximum absolute atomic E-state index is 12.9. The maximum atomic E-state index is 12.9. The second-order valence-corrected chi connectivity index (χ2v) is 4.50. The van der Waals surface area contributed by atoms with Gasteiger partial charge in [-0.25, -0.2) is 4.39 Å². The molecule has 1 fully saturated rings. The third-order valence-electron chi connectivity index (χ3n) is 3.12. The monoisotopic (exact) mass is 252 g/mol. The highest BCUT2D eigenvalue weighted by atomic mass is 19.1. The smallest absolute Gasteiger partial charge is 0.313 e. The Morgan fingerprint density at radius 3 is 2.61 bits per heavy atom. The van der Waals surface area contributed by atoms with Crippen molar-refractivity contribution in [1.29, 1.82) is 0 Å². The van der Waals surface area contributed by atoms with Gasteiger partial charge in [-0.05, 0) is 31.0 Å². The molecule has 0 radical (unpaired) electrons. The first kappa shape index (κ1) is 13.0. The molecule has 0 aliphatic carbocycles. The summed E-state index contributed by atoms with van der Waals surface area (Å²) in [5.41, 5.74) is 0.807. The largest absolute Gasteiger partial charge is 0.466 e. The Bertz CT molecular complexity index is 398. The minimum atomic E-state index is -0.320. The van der Waals surface area contributed by atoms with Crippen molar-refractivity contribution in [2.75, 3.05) is 19.8 Å². The van der Waals surface area contributed by atoms with Crippen molar-refractivity contribution in [2.24, 2.45) is 5.92 Å². The van der Waals surface area contributed by atoms with E-state index in [0.29, 0.717) is 32.2 Å². The second-order valence-electron chi connectivity index (χ2n) is 4.50. The van der Waals surface area contributed by atoms with Crippen LogP contribution in [0.1, 0.15) is 24.8 Å². The van der Waals surface area contributed by atoms with Crippen molar-refractivity contribution in [1.82, 2.24) is 0 Å². The molecule has 3 nitrogen and oxygen atoms in total. The van der Waals surface area contributed by atoms with Gasteiger partial charge in [0.15, 0.2) is 0 Å². The molecule has 0 N–H and O–H groups in total. The number of rotatable bonds is 5. The quantitative estimate of drug-likeness (QED) is 0.755. The maximum Gasteiger partial charge on any atom is 0.313 e. The lowest BCUT2D eigenvalue weighted by molar-refractivity contribution is -0.146. The minimum Gasteiger partial charge on any atom is -0.466 e. The van der Waals surface area contributed by atoms with E-state index in [1.54, 1.807) is 19.1 Å². The molecule has 18 heavy (non-hydrogen) atoms. The van der Waals surface area contributed by atoms with Gasteiger partial charge in [-0.1, -0.05) is 12.1 Å². The Morgan fingerprint density at radius 2 is 2.11 bits per heavy atom. The Labute approximate surface area is 106 Å². The summed E-state index contributed by atoms with van der Waals surface area (Å²) >= 11 is 0. The summed E-state index contributed by atoms with van der Waals surface area (Å²) in [4.78, 5) is 11.9. The van der Waals surface area contributed by atoms with Gasteiger partial charge in [0.25, 0.3) is 0 Å². The number of halogens is 1. The number of carbonyl (C=O) groups excluding carboxylic acids is 1. The van der Waals surface area contributed by atoms with Crippen molar-refractivity contribution < 1.29 is 18.7 Å². The average Bonchev–Trinajstić information content (AvgIpc) is 2.30. The van der Waals surface area contributed by atoms with Gasteiger partial charge in [0.05, 0.1) is 25.7 Å². The standard InChI is InChI=1S/C14H17FO3/c1-2-18-14(16)13(7-10-8-17-9-10)11-3-5-12(15)6-4-11/h3-6,10,13H,2,7-9H2,1H3. The molecule has 1 aliphatic heterocycles. The van der Waals surface area contributed by atoms with Gasteiger partial charge >= 0.3 is 5.97 Å². The predicted octanol–water partition coefficient (Wildman–Crippen LogP) is 2.51. The highest BCUT2D eigenvalue weighted by Gasteiger charge is 2.29. The molecule has 1 aliphatic rings. The first-order valence-corrected chi connectivity index (χ1v) is 6.20. The zero-order valence-electron chi connectivity index (χ0n) is 10.4. The van der Waals surface area contributed by atoms with Crippen LogP contribution in [0.3, 0.4) is 0 Å². The molecule has 1 atom stereocenters. The topological polar surface area (TPSA) is 35.5 Å². The van der Waals surface area contributed by atoms with Gasteiger partial charge < -0.3 is 9.47 Å². The first-order chi connectivity index (χ1) is 8.70. The van der Waals surface area contributed by atoms with Crippen LogP contribution >= 0.6 is 0 Å². The number of carbonyl (C=O) groups is 1. The number of ether oxygens (including phenoxy) is 2. The Kier molecular flexibility index (Phi) is 4.31. The van der Waals surface area contributed by atoms with Crippen molar-refractivity contribution in [2.45, 2.75) is 19.3 Å². The Balaban J connectivity index is 2.11. The van der Waals surface area contributed by atoms with E-state index in [4.69, 9.17) is 9.47 Å². The fourth-order valence-electron chi connectivity index (χ4n) is 2.06. The molecule has 2 rings (SSSR count). The molecule has 4 heteroatoms. The Morgan fingerprint density at radius 1 is 1.44 bits per heavy atom. The molecule has 0 amide bonds. The van der Waals surface area contributed by atoms with Crippen molar-refractivity contribution in [3.63, 3.8) is 0 Å². The lowest BCUT2D eigenvalue weighted by Crippen LogP contribution is -2.31. The molecule has 0 aromatic heterocycles. The van der Waals surface area contributed by atoms with Crippen LogP contribution in [-0.2, 0) is 14.3 Å². The molecule has 1 aromatic carbocycles. The summed E-state index contributed by atoms with van der Waals surface area (Å²) in [7, 11) is 0. The Hall–Kier alpha value is -1.42. The zero-order chi connectivity index (χ0) is 13.0. The van der Waals surface area contributed by atoms with Crippen molar-refractivity contribution in [3.8, 4) is 0 Å². The fourth-order valence-corrected chi connectivity index (χ4v) is 2.06. The molecule has 0 saturated carbocycles. The lowest BCUT2D eigenvalue weighted by atomic mass is 9.88. The van der Waals surface area contributed by atoms with Crippen LogP contribution in [-0.4, -0.2) is 25.8 Å². The summed E-state index contributed by atoms with van der Waals surface area (Å²) in [6.07, 6.45) is 0.699. The highest BCUT2D eigenvalue weighted by Crippen LogP contribution is 2.29. The van der Waals surface area contributed by atoms with Gasteiger partial charge in [0.2, 0.25) is 0 Å². The molecule has 0 bridgehead atoms. The van der Waals surface area contributed by atoms with E-state index in [0.717, 1.165) is 5.56 Å². The minimum absolute atomic E-state index is 0.240. The van der Waals surface area contributed by atoms with E-state index >= 15 is 0 Å². The summed E-state index contributed by atoms with van der Waals surface area (Å²) in [6, 6.07) is 6.05. The molecule has 1 heterocycles. The van der Waals surface area contributed by atoms with E-state index < -0.39 is 0 Å². The molecular weight excluding hydrogens is 235 g/mol. The number of esters is 1. The highest BCUT2D eigenvalue weighted by molar-refractivity contribution is 5.78. The molecule has 0 spiro atoms. The van der Waals surface area contributed by atoms with Gasteiger partial charge in [-0.15, -0.1) is 0 Å². The molecule has 98 valence electrons. The van der Waals surface area contributed by atoms with Crippen molar-refractivity contribution >= 4 is 5.97 Å². The SMILES string of the molecule is CCOC(=O)C(CC1COC1)c1ccc(F)cc1. The van der Waals surface area contributed by atoms with Crippen LogP contribution in [0.15, 0.2) is 24.3 Å². The number of hydrogen-bond donors (Lipinski definition) is 0. The van der Waals surface area contributed by atoms with Crippen LogP contribution in [0.25, 0.3) is 0 Å². The van der Waals surface area contributed by atoms with E-state index in [1.165, 1.54) is 12.1 Å². The average molecular weight is 252 g/mol. The normalized spacial score (nSPS) is 17.0. The molecular formula is C14H17FO3. The van der Waals surface area contributed by atoms with E-state index in [-0.39, 0.29) is 17.7 Å². The number of hydrogen-bond acceptors (Lipinski definition) is 3. The van der Waals surface area contributed by atoms with Crippen LogP contribution < -0.4 is 0 Å². The molecule has 1 saturated heterocycles. The van der Waals surface area contributed by atoms with Crippen LogP contribution in [0.5, 0.6) is 0 Å². The lowest BCUT2D eigenvalue weighted by Gasteiger charge is -2.29. The second kappa shape index (κ2) is 5.96. The summed E-state index contributed by atoms with van der Waals surface area (Å²) < 4.78 is 23.1. The molecule has 1 unspecified atom stereocenters. The molecule has 1 aromatic rings. The predicted molar refractivity (Wildman–Crippen MR) is 64.7 cm³/mol. The van der Waals surface area contributed by atoms with Gasteiger partial charge in [0, 0.05) is 5.92 Å². The van der Waals surface area contributed by atoms with Crippen molar-refractivity contribution in [3.05, 3.63) is 35.6 Å². The summed E-state index contributed by atoms with van der Waals surface area (Å²) in [5.74, 6) is -0.465. The van der Waals surface area contributed by atoms with E-state index in [1.807, 2.05) is 0 Å². The van der Waals surface area contributed by atoms with Crippen LogP contribution in [0.4, 0.5) is 4.39 Å². The fraction of sp³-hybridized carbons (Fsp3) is 0.500. The third kappa shape index (κ3) is 3.07. The van der Waals surface area contributed by atoms with Gasteiger partial charge in [-0.2, -0.15) is 0 Å². The van der Waals surface area contributed by atoms with Gasteiger partial charge in [0.1, 0.15) is 5.82 Å². The third-order valence-corrected chi connectivity index (χ3v) is 3.12. The zero-order valence-corrected chi connectivity index (χ0v) is 10.4. The van der Waals surface area contributed by atoms with Crippen LogP contribution in [0, 0.1) is 11.7 Å². The summed E-state index contributed by atoms with van der Waals surface area (Å²) in [6.45, 7) is 3.53. The van der Waals surface area contributed by atoms with Crippen LogP contribution in [0.2, 0.25) is 0 Å². The first-order valence-electron chi connectivity index (χ1n) is 6.20. The number of benzene rings is 1.